The van der Waals surface area contributed by atoms with Gasteiger partial charge in [0.15, 0.2) is 17.6 Å². The number of carbonyl (C=O) groups excluding carboxylic acids is 4. The molecule has 0 amide bonds. The molecular formula is C47H70O10. The molecule has 3 rings (SSSR count). The Morgan fingerprint density at radius 2 is 1.02 bits per heavy atom. The summed E-state index contributed by atoms with van der Waals surface area (Å²) in [6, 6.07) is 7.75. The second-order valence-corrected chi connectivity index (χ2v) is 15.5. The number of benzene rings is 2. The molecule has 2 unspecified atom stereocenters. The van der Waals surface area contributed by atoms with Crippen LogP contribution in [0.4, 0.5) is 0 Å². The Morgan fingerprint density at radius 3 is 1.53 bits per heavy atom. The average Bonchev–Trinajstić information content (AvgIpc) is 3.18. The van der Waals surface area contributed by atoms with E-state index < -0.39 is 30.1 Å². The summed E-state index contributed by atoms with van der Waals surface area (Å²) in [7, 11) is 0. The minimum Gasteiger partial charge on any atom is -0.504 e. The van der Waals surface area contributed by atoms with Gasteiger partial charge in [-0.3, -0.25) is 19.2 Å². The van der Waals surface area contributed by atoms with Gasteiger partial charge in [-0.15, -0.1) is 0 Å². The number of hydrogen-bond donors (Lipinski definition) is 1. The SMILES string of the molecule is CCCCCCCC(=O)Oc1cc(OC(=O)CCCCCCC)c2c(c1)OC(c1ccc(O)c(OC(=O)CCCCCCC)c1)C(OC(=O)CCCCCCC)C2. The molecule has 2 atom stereocenters. The number of aromatic hydroxyl groups is 1. The zero-order valence-electron chi connectivity index (χ0n) is 35.3. The molecule has 1 aliphatic rings. The first-order chi connectivity index (χ1) is 27.7. The maximum absolute atomic E-state index is 13.3. The smallest absolute Gasteiger partial charge is 0.311 e. The Balaban J connectivity index is 1.93. The molecule has 57 heavy (non-hydrogen) atoms. The lowest BCUT2D eigenvalue weighted by molar-refractivity contribution is -0.155. The zero-order valence-corrected chi connectivity index (χ0v) is 35.3. The van der Waals surface area contributed by atoms with Crippen molar-refractivity contribution in [3.05, 3.63) is 41.5 Å². The molecule has 0 radical (unpaired) electrons. The molecule has 10 nitrogen and oxygen atoms in total. The van der Waals surface area contributed by atoms with Crippen molar-refractivity contribution in [1.82, 2.24) is 0 Å². The van der Waals surface area contributed by atoms with Gasteiger partial charge in [0.25, 0.3) is 0 Å². The van der Waals surface area contributed by atoms with E-state index in [1.54, 1.807) is 18.2 Å². The number of phenols is 1. The normalized spacial score (nSPS) is 14.7. The summed E-state index contributed by atoms with van der Waals surface area (Å²) in [5, 5.41) is 10.7. The molecular weight excluding hydrogens is 725 g/mol. The largest absolute Gasteiger partial charge is 0.504 e. The second kappa shape index (κ2) is 27.5. The number of rotatable bonds is 29. The summed E-state index contributed by atoms with van der Waals surface area (Å²) in [5.74, 6) is -1.18. The quantitative estimate of drug-likeness (QED) is 0.0481. The van der Waals surface area contributed by atoms with Crippen LogP contribution in [-0.4, -0.2) is 35.1 Å². The van der Waals surface area contributed by atoms with E-state index >= 15 is 0 Å². The Bertz CT molecular complexity index is 1520. The van der Waals surface area contributed by atoms with Crippen molar-refractivity contribution in [3.63, 3.8) is 0 Å². The molecule has 1 heterocycles. The fourth-order valence-electron chi connectivity index (χ4n) is 7.00. The van der Waals surface area contributed by atoms with Gasteiger partial charge >= 0.3 is 23.9 Å². The van der Waals surface area contributed by atoms with E-state index in [2.05, 4.69) is 27.7 Å². The van der Waals surface area contributed by atoms with Crippen molar-refractivity contribution in [1.29, 1.82) is 0 Å². The van der Waals surface area contributed by atoms with E-state index in [1.807, 2.05) is 0 Å². The number of fused-ring (bicyclic) bond motifs is 1. The molecule has 2 aromatic carbocycles. The number of ether oxygens (including phenoxy) is 5. The molecule has 1 N–H and O–H groups in total. The van der Waals surface area contributed by atoms with Gasteiger partial charge in [0.2, 0.25) is 0 Å². The van der Waals surface area contributed by atoms with E-state index in [-0.39, 0.29) is 61.1 Å². The minimum atomic E-state index is -0.889. The average molecular weight is 795 g/mol. The van der Waals surface area contributed by atoms with Gasteiger partial charge in [-0.1, -0.05) is 136 Å². The molecule has 0 fully saturated rings. The van der Waals surface area contributed by atoms with E-state index in [1.165, 1.54) is 12.1 Å². The zero-order chi connectivity index (χ0) is 41.3. The summed E-state index contributed by atoms with van der Waals surface area (Å²) < 4.78 is 30.1. The fourth-order valence-corrected chi connectivity index (χ4v) is 7.00. The van der Waals surface area contributed by atoms with Crippen LogP contribution in [0.15, 0.2) is 30.3 Å². The lowest BCUT2D eigenvalue weighted by atomic mass is 9.93. The van der Waals surface area contributed by atoms with Crippen LogP contribution < -0.4 is 18.9 Å². The molecule has 2 aromatic rings. The van der Waals surface area contributed by atoms with Crippen LogP contribution in [0.1, 0.15) is 199 Å². The summed E-state index contributed by atoms with van der Waals surface area (Å²) in [6.07, 6.45) is 18.8. The highest BCUT2D eigenvalue weighted by molar-refractivity contribution is 5.76. The van der Waals surface area contributed by atoms with Gasteiger partial charge in [-0.05, 0) is 37.8 Å². The van der Waals surface area contributed by atoms with Crippen LogP contribution in [-0.2, 0) is 30.3 Å². The van der Waals surface area contributed by atoms with Crippen LogP contribution in [0.2, 0.25) is 0 Å². The summed E-state index contributed by atoms with van der Waals surface area (Å²) in [5.41, 5.74) is 1.02. The van der Waals surface area contributed by atoms with Gasteiger partial charge in [0.05, 0.1) is 0 Å². The fraction of sp³-hybridized carbons (Fsp3) is 0.660. The van der Waals surface area contributed by atoms with Gasteiger partial charge in [0.1, 0.15) is 23.4 Å². The second-order valence-electron chi connectivity index (χ2n) is 15.5. The third kappa shape index (κ3) is 17.9. The number of carbonyl (C=O) groups is 4. The van der Waals surface area contributed by atoms with Crippen LogP contribution in [0.5, 0.6) is 28.7 Å². The topological polar surface area (TPSA) is 135 Å². The summed E-state index contributed by atoms with van der Waals surface area (Å²) in [4.78, 5) is 52.2. The molecule has 0 saturated heterocycles. The Kier molecular flexibility index (Phi) is 22.8. The Hall–Kier alpha value is -4.08. The maximum atomic E-state index is 13.3. The molecule has 1 aliphatic heterocycles. The van der Waals surface area contributed by atoms with Crippen molar-refractivity contribution in [2.75, 3.05) is 0 Å². The predicted molar refractivity (Wildman–Crippen MR) is 222 cm³/mol. The van der Waals surface area contributed by atoms with E-state index in [0.717, 1.165) is 103 Å². The van der Waals surface area contributed by atoms with Crippen molar-refractivity contribution in [2.24, 2.45) is 0 Å². The van der Waals surface area contributed by atoms with Gasteiger partial charge in [-0.25, -0.2) is 0 Å². The first kappa shape index (κ1) is 47.3. The van der Waals surface area contributed by atoms with Gasteiger partial charge in [0, 0.05) is 55.4 Å². The summed E-state index contributed by atoms with van der Waals surface area (Å²) in [6.45, 7) is 8.55. The minimum absolute atomic E-state index is 0.0170. The number of unbranched alkanes of at least 4 members (excludes halogenated alkanes) is 16. The van der Waals surface area contributed by atoms with Gasteiger partial charge < -0.3 is 28.8 Å². The highest BCUT2D eigenvalue weighted by atomic mass is 16.6. The van der Waals surface area contributed by atoms with Crippen LogP contribution in [0, 0.1) is 0 Å². The van der Waals surface area contributed by atoms with Crippen molar-refractivity contribution in [2.45, 2.75) is 200 Å². The summed E-state index contributed by atoms with van der Waals surface area (Å²) >= 11 is 0. The van der Waals surface area contributed by atoms with Crippen LogP contribution in [0.3, 0.4) is 0 Å². The highest BCUT2D eigenvalue weighted by Gasteiger charge is 2.37. The van der Waals surface area contributed by atoms with Crippen molar-refractivity contribution >= 4 is 23.9 Å². The lowest BCUT2D eigenvalue weighted by Crippen LogP contribution is -2.35. The Labute approximate surface area is 341 Å². The molecule has 0 saturated carbocycles. The standard InChI is InChI=1S/C47H70O10/c1-5-9-13-17-21-25-43(49)53-36-32-39(54-44(50)26-22-18-14-10-6-2)37-34-42(56-46(52)28-24-20-16-12-8-4)47(57-40(37)33-36)35-29-30-38(48)41(31-35)55-45(51)27-23-19-15-11-7-3/h29-33,42,47-48H,5-28,34H2,1-4H3. The molecule has 0 aliphatic carbocycles. The number of hydrogen-bond acceptors (Lipinski definition) is 10. The molecule has 10 heteroatoms. The molecule has 318 valence electrons. The Morgan fingerprint density at radius 1 is 0.561 bits per heavy atom. The first-order valence-electron chi connectivity index (χ1n) is 22.2. The maximum Gasteiger partial charge on any atom is 0.311 e. The third-order valence-corrected chi connectivity index (χ3v) is 10.4. The lowest BCUT2D eigenvalue weighted by Gasteiger charge is -2.34. The van der Waals surface area contributed by atoms with E-state index in [4.69, 9.17) is 23.7 Å². The molecule has 0 spiro atoms. The molecule has 0 bridgehead atoms. The monoisotopic (exact) mass is 794 g/mol. The van der Waals surface area contributed by atoms with E-state index in [9.17, 15) is 24.3 Å². The highest BCUT2D eigenvalue weighted by Crippen LogP contribution is 2.45. The first-order valence-corrected chi connectivity index (χ1v) is 22.2. The number of phenolic OH excluding ortho intramolecular Hbond substituents is 1. The van der Waals surface area contributed by atoms with Crippen LogP contribution >= 0.6 is 0 Å². The van der Waals surface area contributed by atoms with Crippen LogP contribution in [0.25, 0.3) is 0 Å². The predicted octanol–water partition coefficient (Wildman–Crippen LogP) is 12.1. The third-order valence-electron chi connectivity index (χ3n) is 10.4. The van der Waals surface area contributed by atoms with Crippen molar-refractivity contribution < 1.29 is 48.0 Å². The molecule has 0 aromatic heterocycles. The number of esters is 4. The van der Waals surface area contributed by atoms with Crippen molar-refractivity contribution in [3.8, 4) is 28.7 Å². The van der Waals surface area contributed by atoms with E-state index in [0.29, 0.717) is 42.6 Å². The van der Waals surface area contributed by atoms with Gasteiger partial charge in [-0.2, -0.15) is 0 Å².